The van der Waals surface area contributed by atoms with Crippen molar-refractivity contribution in [3.05, 3.63) is 56.2 Å². The first kappa shape index (κ1) is 18.5. The number of anilines is 1. The Balaban J connectivity index is 1.79. The normalized spacial score (nSPS) is 16.0. The summed E-state index contributed by atoms with van der Waals surface area (Å²) in [4.78, 5) is 33.1. The highest BCUT2D eigenvalue weighted by molar-refractivity contribution is 5.74. The summed E-state index contributed by atoms with van der Waals surface area (Å²) in [5.41, 5.74) is 5.49. The van der Waals surface area contributed by atoms with E-state index in [4.69, 9.17) is 0 Å². The van der Waals surface area contributed by atoms with Gasteiger partial charge in [-0.1, -0.05) is 29.8 Å². The summed E-state index contributed by atoms with van der Waals surface area (Å²) in [6.45, 7) is 6.36. The molecule has 0 spiro atoms. The quantitative estimate of drug-likeness (QED) is 0.533. The van der Waals surface area contributed by atoms with Gasteiger partial charge in [0.05, 0.1) is 39.8 Å². The first-order valence-corrected chi connectivity index (χ1v) is 9.50. The molecule has 0 saturated carbocycles. The predicted octanol–water partition coefficient (Wildman–Crippen LogP) is -1.06. The standard InChI is InChI=1S/C19H25N7O2/c1-13-4-6-14(7-5-13)12-26-15-16(24(3)19(28)21-17(15)27)20-18(26)22-25-10-8-23(2)9-11-25/h4-7H,8-12H2,1-3H3,(H,20,22)(H,21,27,28)/p+1. The van der Waals surface area contributed by atoms with Gasteiger partial charge < -0.3 is 4.90 Å². The average Bonchev–Trinajstić information content (AvgIpc) is 3.02. The number of benzene rings is 1. The van der Waals surface area contributed by atoms with Gasteiger partial charge in [-0.15, -0.1) is 0 Å². The van der Waals surface area contributed by atoms with E-state index in [0.29, 0.717) is 23.7 Å². The second-order valence-electron chi connectivity index (χ2n) is 7.55. The average molecular weight is 384 g/mol. The fourth-order valence-corrected chi connectivity index (χ4v) is 3.49. The van der Waals surface area contributed by atoms with E-state index < -0.39 is 11.2 Å². The molecule has 1 saturated heterocycles. The van der Waals surface area contributed by atoms with E-state index in [-0.39, 0.29) is 0 Å². The summed E-state index contributed by atoms with van der Waals surface area (Å²) in [5, 5.41) is 2.12. The lowest BCUT2D eigenvalue weighted by atomic mass is 10.1. The Morgan fingerprint density at radius 2 is 1.86 bits per heavy atom. The SMILES string of the molecule is Cc1ccc(Cn2c(NN3CC[NH+](C)CC3)nc3c2c(=O)[nH]c(=O)n3C)cc1. The summed E-state index contributed by atoms with van der Waals surface area (Å²) in [5.74, 6) is 0.571. The van der Waals surface area contributed by atoms with Crippen LogP contribution in [0.15, 0.2) is 33.9 Å². The van der Waals surface area contributed by atoms with E-state index in [1.54, 1.807) is 7.05 Å². The molecule has 9 nitrogen and oxygen atoms in total. The van der Waals surface area contributed by atoms with Gasteiger partial charge in [0.15, 0.2) is 11.2 Å². The van der Waals surface area contributed by atoms with Gasteiger partial charge in [-0.25, -0.2) is 9.80 Å². The van der Waals surface area contributed by atoms with Crippen LogP contribution in [0, 0.1) is 6.92 Å². The number of likely N-dealkylation sites (N-methyl/N-ethyl adjacent to an activating group) is 1. The zero-order chi connectivity index (χ0) is 19.8. The molecule has 0 aliphatic carbocycles. The molecule has 148 valence electrons. The molecule has 9 heteroatoms. The molecular weight excluding hydrogens is 358 g/mol. The molecule has 3 aromatic rings. The molecule has 0 unspecified atom stereocenters. The van der Waals surface area contributed by atoms with Gasteiger partial charge in [0.25, 0.3) is 5.56 Å². The number of nitrogens with one attached hydrogen (secondary N) is 3. The molecule has 3 N–H and O–H groups in total. The summed E-state index contributed by atoms with van der Waals surface area (Å²) in [7, 11) is 3.80. The van der Waals surface area contributed by atoms with Crippen LogP contribution in [0.1, 0.15) is 11.1 Å². The van der Waals surface area contributed by atoms with Gasteiger partial charge in [-0.3, -0.25) is 24.3 Å². The topological polar surface area (TPSA) is 92.4 Å². The first-order chi connectivity index (χ1) is 13.4. The number of hydrogen-bond donors (Lipinski definition) is 3. The van der Waals surface area contributed by atoms with Crippen LogP contribution in [0.2, 0.25) is 0 Å². The molecule has 0 amide bonds. The van der Waals surface area contributed by atoms with Crippen molar-refractivity contribution in [2.75, 3.05) is 38.7 Å². The third kappa shape index (κ3) is 3.46. The molecule has 1 aliphatic rings. The van der Waals surface area contributed by atoms with Gasteiger partial charge >= 0.3 is 5.69 Å². The zero-order valence-electron chi connectivity index (χ0n) is 16.5. The molecule has 1 fully saturated rings. The van der Waals surface area contributed by atoms with Crippen molar-refractivity contribution >= 4 is 17.1 Å². The van der Waals surface area contributed by atoms with Crippen molar-refractivity contribution in [3.8, 4) is 0 Å². The van der Waals surface area contributed by atoms with Gasteiger partial charge in [0.1, 0.15) is 0 Å². The van der Waals surface area contributed by atoms with Gasteiger partial charge in [0.2, 0.25) is 5.95 Å². The Morgan fingerprint density at radius 1 is 1.18 bits per heavy atom. The van der Waals surface area contributed by atoms with Crippen LogP contribution in [0.5, 0.6) is 0 Å². The summed E-state index contributed by atoms with van der Waals surface area (Å²) in [6.07, 6.45) is 0. The number of quaternary nitrogens is 1. The highest BCUT2D eigenvalue weighted by Crippen LogP contribution is 2.18. The fourth-order valence-electron chi connectivity index (χ4n) is 3.49. The maximum atomic E-state index is 12.6. The number of rotatable bonds is 4. The molecule has 0 radical (unpaired) electrons. The van der Waals surface area contributed by atoms with E-state index in [9.17, 15) is 9.59 Å². The number of hydrazine groups is 1. The number of imidazole rings is 1. The van der Waals surface area contributed by atoms with Crippen molar-refractivity contribution in [1.29, 1.82) is 0 Å². The number of fused-ring (bicyclic) bond motifs is 1. The van der Waals surface area contributed by atoms with Gasteiger partial charge in [0, 0.05) is 7.05 Å². The number of piperazine rings is 1. The van der Waals surface area contributed by atoms with E-state index in [1.807, 2.05) is 35.8 Å². The van der Waals surface area contributed by atoms with Gasteiger partial charge in [-0.2, -0.15) is 4.98 Å². The Labute approximate surface area is 162 Å². The lowest BCUT2D eigenvalue weighted by Crippen LogP contribution is -3.12. The minimum Gasteiger partial charge on any atom is -0.335 e. The van der Waals surface area contributed by atoms with Crippen LogP contribution in [0.3, 0.4) is 0 Å². The number of aromatic amines is 1. The number of hydrogen-bond acceptors (Lipinski definition) is 5. The minimum atomic E-state index is -0.466. The highest BCUT2D eigenvalue weighted by atomic mass is 16.2. The fraction of sp³-hybridized carbons (Fsp3) is 0.421. The molecule has 1 aromatic carbocycles. The van der Waals surface area contributed by atoms with E-state index in [0.717, 1.165) is 31.7 Å². The lowest BCUT2D eigenvalue weighted by molar-refractivity contribution is -0.884. The van der Waals surface area contributed by atoms with Crippen LogP contribution in [0.4, 0.5) is 5.95 Å². The van der Waals surface area contributed by atoms with E-state index in [2.05, 4.69) is 27.5 Å². The zero-order valence-corrected chi connectivity index (χ0v) is 16.5. The number of nitrogens with zero attached hydrogens (tertiary/aromatic N) is 4. The Hall–Kier alpha value is -2.91. The summed E-state index contributed by atoms with van der Waals surface area (Å²) in [6, 6.07) is 8.18. The second kappa shape index (κ2) is 7.25. The monoisotopic (exact) mass is 384 g/mol. The minimum absolute atomic E-state index is 0.378. The van der Waals surface area contributed by atoms with Crippen LogP contribution in [0.25, 0.3) is 11.2 Å². The van der Waals surface area contributed by atoms with E-state index in [1.165, 1.54) is 15.0 Å². The summed E-state index contributed by atoms with van der Waals surface area (Å²) < 4.78 is 3.23. The third-order valence-corrected chi connectivity index (χ3v) is 5.34. The molecular formula is C19H26N7O2+. The molecule has 2 aromatic heterocycles. The van der Waals surface area contributed by atoms with Crippen molar-refractivity contribution in [2.24, 2.45) is 7.05 Å². The van der Waals surface area contributed by atoms with Crippen molar-refractivity contribution < 1.29 is 4.90 Å². The predicted molar refractivity (Wildman–Crippen MR) is 108 cm³/mol. The molecule has 28 heavy (non-hydrogen) atoms. The Kier molecular flexibility index (Phi) is 4.78. The second-order valence-corrected chi connectivity index (χ2v) is 7.55. The largest absolute Gasteiger partial charge is 0.335 e. The molecule has 0 bridgehead atoms. The molecule has 4 rings (SSSR count). The third-order valence-electron chi connectivity index (χ3n) is 5.34. The van der Waals surface area contributed by atoms with Crippen LogP contribution < -0.4 is 21.6 Å². The lowest BCUT2D eigenvalue weighted by Gasteiger charge is -2.30. The van der Waals surface area contributed by atoms with Crippen LogP contribution in [-0.2, 0) is 13.6 Å². The van der Waals surface area contributed by atoms with Crippen LogP contribution in [-0.4, -0.2) is 57.3 Å². The molecule has 3 heterocycles. The number of aromatic nitrogens is 4. The maximum absolute atomic E-state index is 12.6. The molecule has 0 atom stereocenters. The van der Waals surface area contributed by atoms with Crippen molar-refractivity contribution in [1.82, 2.24) is 24.1 Å². The smallest absolute Gasteiger partial charge is 0.329 e. The first-order valence-electron chi connectivity index (χ1n) is 9.50. The highest BCUT2D eigenvalue weighted by Gasteiger charge is 2.22. The van der Waals surface area contributed by atoms with Crippen molar-refractivity contribution in [3.63, 3.8) is 0 Å². The molecule has 1 aliphatic heterocycles. The Bertz CT molecular complexity index is 1100. The summed E-state index contributed by atoms with van der Waals surface area (Å²) >= 11 is 0. The van der Waals surface area contributed by atoms with E-state index >= 15 is 0 Å². The maximum Gasteiger partial charge on any atom is 0.329 e. The van der Waals surface area contributed by atoms with Crippen LogP contribution >= 0.6 is 0 Å². The number of H-pyrrole nitrogens is 1. The number of aryl methyl sites for hydroxylation is 2. The van der Waals surface area contributed by atoms with Gasteiger partial charge in [-0.05, 0) is 12.5 Å². The Morgan fingerprint density at radius 3 is 2.54 bits per heavy atom. The van der Waals surface area contributed by atoms with Crippen molar-refractivity contribution in [2.45, 2.75) is 13.5 Å².